The summed E-state index contributed by atoms with van der Waals surface area (Å²) in [6.07, 6.45) is 2.06. The average Bonchev–Trinajstić information content (AvgIpc) is 2.39. The molecule has 0 aliphatic carbocycles. The molecule has 0 atom stereocenters. The highest BCUT2D eigenvalue weighted by Crippen LogP contribution is 2.24. The summed E-state index contributed by atoms with van der Waals surface area (Å²) in [7, 11) is 0. The molecule has 0 aliphatic rings. The number of nitro benzene ring substituents is 1. The third-order valence-corrected chi connectivity index (χ3v) is 2.47. The van der Waals surface area contributed by atoms with Gasteiger partial charge in [-0.15, -0.1) is 0 Å². The van der Waals surface area contributed by atoms with Crippen LogP contribution in [0.5, 0.6) is 0 Å². The summed E-state index contributed by atoms with van der Waals surface area (Å²) in [6.45, 7) is 1.80. The number of hydrogen-bond donors (Lipinski definition) is 0. The Balaban J connectivity index is 2.58. The standard InChI is InChI=1S/C12H9N3O3/c1-8-2-3-10(15(17)18)6-11(8)12-13-5-4-9(7-16)14-12/h2-7H,1H3. The van der Waals surface area contributed by atoms with Crippen LogP contribution < -0.4 is 0 Å². The van der Waals surface area contributed by atoms with Crippen molar-refractivity contribution in [2.45, 2.75) is 6.92 Å². The van der Waals surface area contributed by atoms with Gasteiger partial charge in [0.2, 0.25) is 0 Å². The number of aryl methyl sites for hydroxylation is 1. The lowest BCUT2D eigenvalue weighted by Gasteiger charge is -2.04. The van der Waals surface area contributed by atoms with Crippen LogP contribution in [0.25, 0.3) is 11.4 Å². The van der Waals surface area contributed by atoms with Gasteiger partial charge >= 0.3 is 0 Å². The highest BCUT2D eigenvalue weighted by molar-refractivity contribution is 5.73. The summed E-state index contributed by atoms with van der Waals surface area (Å²) in [5.74, 6) is 0.306. The van der Waals surface area contributed by atoms with Gasteiger partial charge in [0.15, 0.2) is 12.1 Å². The van der Waals surface area contributed by atoms with Crippen molar-refractivity contribution in [1.82, 2.24) is 9.97 Å². The first-order valence-corrected chi connectivity index (χ1v) is 5.15. The Hall–Kier alpha value is -2.63. The molecule has 0 spiro atoms. The number of rotatable bonds is 3. The van der Waals surface area contributed by atoms with Gasteiger partial charge in [-0.25, -0.2) is 9.97 Å². The summed E-state index contributed by atoms with van der Waals surface area (Å²) < 4.78 is 0. The minimum absolute atomic E-state index is 0.0318. The lowest BCUT2D eigenvalue weighted by atomic mass is 10.1. The van der Waals surface area contributed by atoms with Crippen molar-refractivity contribution in [2.24, 2.45) is 0 Å². The number of non-ortho nitro benzene ring substituents is 1. The molecule has 0 N–H and O–H groups in total. The van der Waals surface area contributed by atoms with Crippen LogP contribution in [0.4, 0.5) is 5.69 Å². The largest absolute Gasteiger partial charge is 0.296 e. The van der Waals surface area contributed by atoms with Crippen molar-refractivity contribution < 1.29 is 9.72 Å². The lowest BCUT2D eigenvalue weighted by Crippen LogP contribution is -1.96. The van der Waals surface area contributed by atoms with Gasteiger partial charge in [-0.1, -0.05) is 6.07 Å². The number of nitro groups is 1. The molecule has 0 fully saturated rings. The van der Waals surface area contributed by atoms with Gasteiger partial charge in [-0.3, -0.25) is 14.9 Å². The maximum absolute atomic E-state index is 10.7. The summed E-state index contributed by atoms with van der Waals surface area (Å²) >= 11 is 0. The van der Waals surface area contributed by atoms with Crippen LogP contribution in [-0.4, -0.2) is 21.2 Å². The first-order valence-electron chi connectivity index (χ1n) is 5.15. The van der Waals surface area contributed by atoms with Crippen molar-refractivity contribution in [3.8, 4) is 11.4 Å². The van der Waals surface area contributed by atoms with E-state index in [1.807, 2.05) is 0 Å². The van der Waals surface area contributed by atoms with E-state index in [1.165, 1.54) is 24.4 Å². The molecular weight excluding hydrogens is 234 g/mol. The summed E-state index contributed by atoms with van der Waals surface area (Å²) in [4.78, 5) is 28.9. The van der Waals surface area contributed by atoms with E-state index in [0.29, 0.717) is 17.7 Å². The summed E-state index contributed by atoms with van der Waals surface area (Å²) in [5.41, 5.74) is 1.57. The molecule has 1 aromatic heterocycles. The van der Waals surface area contributed by atoms with Crippen LogP contribution >= 0.6 is 0 Å². The van der Waals surface area contributed by atoms with Gasteiger partial charge in [-0.2, -0.15) is 0 Å². The summed E-state index contributed by atoms with van der Waals surface area (Å²) in [5, 5.41) is 10.7. The van der Waals surface area contributed by atoms with Crippen LogP contribution in [0.1, 0.15) is 16.1 Å². The second-order valence-electron chi connectivity index (χ2n) is 3.68. The van der Waals surface area contributed by atoms with Crippen LogP contribution in [0, 0.1) is 17.0 Å². The second kappa shape index (κ2) is 4.70. The quantitative estimate of drug-likeness (QED) is 0.468. The Kier molecular flexibility index (Phi) is 3.09. The topological polar surface area (TPSA) is 86.0 Å². The van der Waals surface area contributed by atoms with Crippen LogP contribution in [-0.2, 0) is 0 Å². The van der Waals surface area contributed by atoms with Gasteiger partial charge < -0.3 is 0 Å². The van der Waals surface area contributed by atoms with Crippen LogP contribution in [0.15, 0.2) is 30.5 Å². The van der Waals surface area contributed by atoms with E-state index < -0.39 is 4.92 Å². The predicted octanol–water partition coefficient (Wildman–Crippen LogP) is 2.17. The second-order valence-corrected chi connectivity index (χ2v) is 3.68. The minimum atomic E-state index is -0.480. The normalized spacial score (nSPS) is 10.1. The van der Waals surface area contributed by atoms with Crippen molar-refractivity contribution in [2.75, 3.05) is 0 Å². The molecule has 6 heteroatoms. The van der Waals surface area contributed by atoms with E-state index in [1.54, 1.807) is 13.0 Å². The number of carbonyl (C=O) groups excluding carboxylic acids is 1. The summed E-state index contributed by atoms with van der Waals surface area (Å²) in [6, 6.07) is 5.93. The molecule has 0 radical (unpaired) electrons. The highest BCUT2D eigenvalue weighted by Gasteiger charge is 2.12. The Morgan fingerprint density at radius 2 is 2.11 bits per heavy atom. The SMILES string of the molecule is Cc1ccc([N+](=O)[O-])cc1-c1nccc(C=O)n1. The lowest BCUT2D eigenvalue weighted by molar-refractivity contribution is -0.384. The molecule has 0 amide bonds. The van der Waals surface area contributed by atoms with Gasteiger partial charge in [-0.05, 0) is 18.6 Å². The molecule has 2 rings (SSSR count). The molecular formula is C12H9N3O3. The first kappa shape index (κ1) is 11.8. The monoisotopic (exact) mass is 243 g/mol. The smallest absolute Gasteiger partial charge is 0.270 e. The fourth-order valence-corrected chi connectivity index (χ4v) is 1.53. The highest BCUT2D eigenvalue weighted by atomic mass is 16.6. The van der Waals surface area contributed by atoms with Gasteiger partial charge in [0, 0.05) is 23.9 Å². The third-order valence-electron chi connectivity index (χ3n) is 2.47. The number of hydrogen-bond acceptors (Lipinski definition) is 5. The van der Waals surface area contributed by atoms with Crippen LogP contribution in [0.2, 0.25) is 0 Å². The number of carbonyl (C=O) groups is 1. The van der Waals surface area contributed by atoms with Crippen molar-refractivity contribution >= 4 is 12.0 Å². The Morgan fingerprint density at radius 3 is 2.78 bits per heavy atom. The number of nitrogens with zero attached hydrogens (tertiary/aromatic N) is 3. The molecule has 1 heterocycles. The van der Waals surface area contributed by atoms with E-state index >= 15 is 0 Å². The molecule has 90 valence electrons. The Morgan fingerprint density at radius 1 is 1.33 bits per heavy atom. The third kappa shape index (κ3) is 2.22. The zero-order valence-electron chi connectivity index (χ0n) is 9.53. The maximum atomic E-state index is 10.7. The first-order chi connectivity index (χ1) is 8.61. The molecule has 2 aromatic rings. The molecule has 18 heavy (non-hydrogen) atoms. The fourth-order valence-electron chi connectivity index (χ4n) is 1.53. The number of aromatic nitrogens is 2. The van der Waals surface area contributed by atoms with E-state index in [9.17, 15) is 14.9 Å². The molecule has 6 nitrogen and oxygen atoms in total. The molecule has 0 unspecified atom stereocenters. The predicted molar refractivity (Wildman–Crippen MR) is 64.2 cm³/mol. The van der Waals surface area contributed by atoms with Crippen molar-refractivity contribution in [3.05, 3.63) is 51.8 Å². The van der Waals surface area contributed by atoms with Gasteiger partial charge in [0.1, 0.15) is 5.69 Å². The van der Waals surface area contributed by atoms with E-state index in [2.05, 4.69) is 9.97 Å². The van der Waals surface area contributed by atoms with Crippen molar-refractivity contribution in [3.63, 3.8) is 0 Å². The zero-order chi connectivity index (χ0) is 13.1. The molecule has 0 aliphatic heterocycles. The zero-order valence-corrected chi connectivity index (χ0v) is 9.53. The van der Waals surface area contributed by atoms with E-state index in [4.69, 9.17) is 0 Å². The van der Waals surface area contributed by atoms with Crippen molar-refractivity contribution in [1.29, 1.82) is 0 Å². The molecule has 0 saturated carbocycles. The molecule has 0 bridgehead atoms. The molecule has 1 aromatic carbocycles. The van der Waals surface area contributed by atoms with E-state index in [-0.39, 0.29) is 11.4 Å². The fraction of sp³-hybridized carbons (Fsp3) is 0.0833. The van der Waals surface area contributed by atoms with Gasteiger partial charge in [0.05, 0.1) is 4.92 Å². The minimum Gasteiger partial charge on any atom is -0.296 e. The number of benzene rings is 1. The average molecular weight is 243 g/mol. The number of aldehydes is 1. The Labute approximate surface area is 102 Å². The Bertz CT molecular complexity index is 626. The maximum Gasteiger partial charge on any atom is 0.270 e. The van der Waals surface area contributed by atoms with Crippen LogP contribution in [0.3, 0.4) is 0 Å². The van der Waals surface area contributed by atoms with Gasteiger partial charge in [0.25, 0.3) is 5.69 Å². The molecule has 0 saturated heterocycles. The van der Waals surface area contributed by atoms with E-state index in [0.717, 1.165) is 5.56 Å².